The number of sulfonamides is 1. The molecule has 168 valence electrons. The van der Waals surface area contributed by atoms with Crippen LogP contribution >= 0.6 is 0 Å². The number of hydrogen-bond donors (Lipinski definition) is 1. The SMILES string of the molecule is CCOc1ccc(N(Cc2ccc(C(=O)Nc3ccc(CC)cc3)cc2)S(C)(=O)=O)cc1. The molecule has 7 heteroatoms. The molecule has 0 spiro atoms. The van der Waals surface area contributed by atoms with Crippen LogP contribution in [0.15, 0.2) is 72.8 Å². The number of hydrogen-bond acceptors (Lipinski definition) is 4. The largest absolute Gasteiger partial charge is 0.494 e. The topological polar surface area (TPSA) is 75.7 Å². The lowest BCUT2D eigenvalue weighted by molar-refractivity contribution is 0.102. The molecule has 0 radical (unpaired) electrons. The predicted octanol–water partition coefficient (Wildman–Crippen LogP) is 4.87. The summed E-state index contributed by atoms with van der Waals surface area (Å²) in [4.78, 5) is 12.5. The van der Waals surface area contributed by atoms with Crippen LogP contribution in [-0.4, -0.2) is 27.2 Å². The van der Waals surface area contributed by atoms with Crippen LogP contribution in [0.5, 0.6) is 5.75 Å². The van der Waals surface area contributed by atoms with Gasteiger partial charge in [0.25, 0.3) is 5.91 Å². The fourth-order valence-corrected chi connectivity index (χ4v) is 4.12. The Labute approximate surface area is 189 Å². The molecule has 1 N–H and O–H groups in total. The smallest absolute Gasteiger partial charge is 0.255 e. The molecule has 32 heavy (non-hydrogen) atoms. The van der Waals surface area contributed by atoms with Crippen molar-refractivity contribution in [1.29, 1.82) is 0 Å². The number of nitrogens with zero attached hydrogens (tertiary/aromatic N) is 1. The first-order valence-electron chi connectivity index (χ1n) is 10.5. The molecule has 3 rings (SSSR count). The van der Waals surface area contributed by atoms with E-state index >= 15 is 0 Å². The number of ether oxygens (including phenoxy) is 1. The van der Waals surface area contributed by atoms with Crippen LogP contribution in [0.25, 0.3) is 0 Å². The number of anilines is 2. The fraction of sp³-hybridized carbons (Fsp3) is 0.240. The van der Waals surface area contributed by atoms with Gasteiger partial charge in [0.2, 0.25) is 10.0 Å². The first-order chi connectivity index (χ1) is 15.3. The lowest BCUT2D eigenvalue weighted by atomic mass is 10.1. The maximum Gasteiger partial charge on any atom is 0.255 e. The van der Waals surface area contributed by atoms with E-state index in [-0.39, 0.29) is 12.5 Å². The Morgan fingerprint density at radius 2 is 1.47 bits per heavy atom. The minimum atomic E-state index is -3.50. The van der Waals surface area contributed by atoms with Crippen molar-refractivity contribution in [1.82, 2.24) is 0 Å². The van der Waals surface area contributed by atoms with E-state index in [1.165, 1.54) is 16.1 Å². The van der Waals surface area contributed by atoms with Gasteiger partial charge in [-0.3, -0.25) is 9.10 Å². The highest BCUT2D eigenvalue weighted by Crippen LogP contribution is 2.24. The lowest BCUT2D eigenvalue weighted by Crippen LogP contribution is -2.29. The molecule has 0 fully saturated rings. The summed E-state index contributed by atoms with van der Waals surface area (Å²) in [6, 6.07) is 21.6. The molecule has 3 aromatic carbocycles. The van der Waals surface area contributed by atoms with Gasteiger partial charge in [0, 0.05) is 11.3 Å². The average Bonchev–Trinajstić information content (AvgIpc) is 2.78. The molecular weight excluding hydrogens is 424 g/mol. The van der Waals surface area contributed by atoms with Crippen LogP contribution in [0.4, 0.5) is 11.4 Å². The molecule has 0 bridgehead atoms. The zero-order valence-electron chi connectivity index (χ0n) is 18.5. The van der Waals surface area contributed by atoms with E-state index < -0.39 is 10.0 Å². The van der Waals surface area contributed by atoms with Crippen molar-refractivity contribution >= 4 is 27.3 Å². The third kappa shape index (κ3) is 6.11. The fourth-order valence-electron chi connectivity index (χ4n) is 3.23. The van der Waals surface area contributed by atoms with E-state index in [2.05, 4.69) is 12.2 Å². The van der Waals surface area contributed by atoms with E-state index in [9.17, 15) is 13.2 Å². The van der Waals surface area contributed by atoms with Gasteiger partial charge in [-0.25, -0.2) is 8.42 Å². The molecule has 0 saturated carbocycles. The van der Waals surface area contributed by atoms with E-state index in [0.29, 0.717) is 23.6 Å². The Balaban J connectivity index is 1.72. The van der Waals surface area contributed by atoms with Crippen LogP contribution in [0.2, 0.25) is 0 Å². The Morgan fingerprint density at radius 1 is 0.875 bits per heavy atom. The molecule has 0 atom stereocenters. The van der Waals surface area contributed by atoms with Crippen LogP contribution in [0, 0.1) is 0 Å². The van der Waals surface area contributed by atoms with E-state index in [4.69, 9.17) is 4.74 Å². The Kier molecular flexibility index (Phi) is 7.53. The first kappa shape index (κ1) is 23.3. The molecule has 0 aliphatic heterocycles. The molecule has 0 unspecified atom stereocenters. The number of carbonyl (C=O) groups is 1. The third-order valence-corrected chi connectivity index (χ3v) is 6.14. The predicted molar refractivity (Wildman–Crippen MR) is 129 cm³/mol. The number of nitrogens with one attached hydrogen (secondary N) is 1. The molecule has 1 amide bonds. The lowest BCUT2D eigenvalue weighted by Gasteiger charge is -2.23. The number of aryl methyl sites for hydroxylation is 1. The van der Waals surface area contributed by atoms with Gasteiger partial charge in [-0.1, -0.05) is 31.2 Å². The highest BCUT2D eigenvalue weighted by Gasteiger charge is 2.18. The molecule has 0 aromatic heterocycles. The van der Waals surface area contributed by atoms with Gasteiger partial charge < -0.3 is 10.1 Å². The van der Waals surface area contributed by atoms with Crippen molar-refractivity contribution in [3.8, 4) is 5.75 Å². The number of amides is 1. The molecule has 0 aliphatic rings. The summed E-state index contributed by atoms with van der Waals surface area (Å²) in [6.07, 6.45) is 2.12. The Morgan fingerprint density at radius 3 is 2.00 bits per heavy atom. The third-order valence-electron chi connectivity index (χ3n) is 5.00. The number of carbonyl (C=O) groups excluding carboxylic acids is 1. The van der Waals surface area contributed by atoms with E-state index in [0.717, 1.165) is 17.7 Å². The van der Waals surface area contributed by atoms with Crippen LogP contribution in [0.1, 0.15) is 35.3 Å². The van der Waals surface area contributed by atoms with Crippen molar-refractivity contribution < 1.29 is 17.9 Å². The second-order valence-electron chi connectivity index (χ2n) is 7.40. The molecule has 0 heterocycles. The molecule has 0 saturated heterocycles. The van der Waals surface area contributed by atoms with Gasteiger partial charge >= 0.3 is 0 Å². The first-order valence-corrected chi connectivity index (χ1v) is 12.3. The zero-order valence-corrected chi connectivity index (χ0v) is 19.4. The van der Waals surface area contributed by atoms with Crippen molar-refractivity contribution in [2.45, 2.75) is 26.8 Å². The maximum absolute atomic E-state index is 12.5. The van der Waals surface area contributed by atoms with Gasteiger partial charge in [-0.15, -0.1) is 0 Å². The maximum atomic E-state index is 12.5. The van der Waals surface area contributed by atoms with Crippen LogP contribution in [-0.2, 0) is 23.0 Å². The van der Waals surface area contributed by atoms with Gasteiger partial charge in [0.1, 0.15) is 5.75 Å². The monoisotopic (exact) mass is 452 g/mol. The summed E-state index contributed by atoms with van der Waals surface area (Å²) in [5, 5.41) is 2.88. The second-order valence-corrected chi connectivity index (χ2v) is 9.30. The van der Waals surface area contributed by atoms with Crippen LogP contribution < -0.4 is 14.4 Å². The van der Waals surface area contributed by atoms with E-state index in [1.54, 1.807) is 48.5 Å². The normalized spacial score (nSPS) is 11.1. The minimum absolute atomic E-state index is 0.160. The quantitative estimate of drug-likeness (QED) is 0.503. The van der Waals surface area contributed by atoms with Crippen molar-refractivity contribution in [3.63, 3.8) is 0 Å². The van der Waals surface area contributed by atoms with E-state index in [1.807, 2.05) is 31.2 Å². The highest BCUT2D eigenvalue weighted by molar-refractivity contribution is 7.92. The van der Waals surface area contributed by atoms with Crippen molar-refractivity contribution in [3.05, 3.63) is 89.5 Å². The van der Waals surface area contributed by atoms with Crippen molar-refractivity contribution in [2.24, 2.45) is 0 Å². The Hall–Kier alpha value is -3.32. The summed E-state index contributed by atoms with van der Waals surface area (Å²) >= 11 is 0. The van der Waals surface area contributed by atoms with Crippen LogP contribution in [0.3, 0.4) is 0 Å². The van der Waals surface area contributed by atoms with Gasteiger partial charge in [0.15, 0.2) is 0 Å². The summed E-state index contributed by atoms with van der Waals surface area (Å²) in [7, 11) is -3.50. The molecule has 6 nitrogen and oxygen atoms in total. The number of rotatable bonds is 9. The average molecular weight is 453 g/mol. The summed E-state index contributed by atoms with van der Waals surface area (Å²) in [6.45, 7) is 4.67. The van der Waals surface area contributed by atoms with Gasteiger partial charge in [-0.2, -0.15) is 0 Å². The van der Waals surface area contributed by atoms with Gasteiger partial charge in [-0.05, 0) is 73.0 Å². The standard InChI is InChI=1S/C25H28N2O4S/c1-4-19-8-12-22(13-9-19)26-25(28)21-10-6-20(7-11-21)18-27(32(3,29)30)23-14-16-24(17-15-23)31-5-2/h6-17H,4-5,18H2,1-3H3,(H,26,28). The van der Waals surface area contributed by atoms with Gasteiger partial charge in [0.05, 0.1) is 25.1 Å². The summed E-state index contributed by atoms with van der Waals surface area (Å²) < 4.78 is 31.6. The minimum Gasteiger partial charge on any atom is -0.494 e. The summed E-state index contributed by atoms with van der Waals surface area (Å²) in [5.74, 6) is 0.469. The molecular formula is C25H28N2O4S. The molecule has 3 aromatic rings. The number of benzene rings is 3. The molecule has 0 aliphatic carbocycles. The zero-order chi connectivity index (χ0) is 23.1. The highest BCUT2D eigenvalue weighted by atomic mass is 32.2. The summed E-state index contributed by atoms with van der Waals surface area (Å²) in [5.41, 5.74) is 3.76. The second kappa shape index (κ2) is 10.3. The Bertz CT molecular complexity index is 1140. The van der Waals surface area contributed by atoms with Crippen molar-refractivity contribution in [2.75, 3.05) is 22.5 Å².